The van der Waals surface area contributed by atoms with Crippen molar-refractivity contribution < 1.29 is 19.1 Å². The first-order valence-electron chi connectivity index (χ1n) is 8.51. The summed E-state index contributed by atoms with van der Waals surface area (Å²) in [5, 5.41) is 15.5. The lowest BCUT2D eigenvalue weighted by Gasteiger charge is -2.11. The third-order valence-corrected chi connectivity index (χ3v) is 3.72. The second kappa shape index (κ2) is 10.0. The van der Waals surface area contributed by atoms with Crippen LogP contribution in [0.15, 0.2) is 41.5 Å². The van der Waals surface area contributed by atoms with E-state index in [0.717, 1.165) is 24.3 Å². The van der Waals surface area contributed by atoms with Crippen molar-refractivity contribution in [2.24, 2.45) is 5.10 Å². The number of nitro benzene ring substituents is 1. The van der Waals surface area contributed by atoms with E-state index in [1.54, 1.807) is 25.3 Å². The van der Waals surface area contributed by atoms with Gasteiger partial charge in [0, 0.05) is 11.6 Å². The maximum absolute atomic E-state index is 11.4. The Hall–Kier alpha value is -3.29. The standard InChI is InChI=1S/C19H23N3O5/c1-4-5-10-27-19-17(22(23)24)11-14(12-18(19)26-3)13-20-21-15-6-8-16(25-2)9-7-15/h6-9,11-13,21H,4-5,10H2,1-3H3/b20-13+. The molecule has 2 aromatic rings. The van der Waals surface area contributed by atoms with Gasteiger partial charge in [0.2, 0.25) is 5.75 Å². The van der Waals surface area contributed by atoms with Crippen molar-refractivity contribution in [1.82, 2.24) is 0 Å². The third kappa shape index (κ3) is 5.60. The molecule has 27 heavy (non-hydrogen) atoms. The Labute approximate surface area is 157 Å². The summed E-state index contributed by atoms with van der Waals surface area (Å²) in [5.74, 6) is 1.17. The zero-order valence-electron chi connectivity index (χ0n) is 15.6. The van der Waals surface area contributed by atoms with Crippen LogP contribution in [0.1, 0.15) is 25.3 Å². The molecule has 0 unspecified atom stereocenters. The molecule has 0 atom stereocenters. The van der Waals surface area contributed by atoms with Crippen LogP contribution in [0, 0.1) is 10.1 Å². The van der Waals surface area contributed by atoms with Crippen molar-refractivity contribution in [3.05, 3.63) is 52.1 Å². The number of unbranched alkanes of at least 4 members (excludes halogenated alkanes) is 1. The van der Waals surface area contributed by atoms with Crippen molar-refractivity contribution >= 4 is 17.6 Å². The van der Waals surface area contributed by atoms with Crippen molar-refractivity contribution in [2.45, 2.75) is 19.8 Å². The number of nitrogens with zero attached hydrogens (tertiary/aromatic N) is 2. The number of ether oxygens (including phenoxy) is 3. The number of hydrogen-bond donors (Lipinski definition) is 1. The molecular formula is C19H23N3O5. The molecule has 0 aliphatic heterocycles. The van der Waals surface area contributed by atoms with Gasteiger partial charge in [-0.05, 0) is 36.8 Å². The van der Waals surface area contributed by atoms with E-state index in [1.807, 2.05) is 19.1 Å². The Morgan fingerprint density at radius 3 is 2.52 bits per heavy atom. The fourth-order valence-corrected chi connectivity index (χ4v) is 2.28. The number of nitrogens with one attached hydrogen (secondary N) is 1. The zero-order valence-corrected chi connectivity index (χ0v) is 15.6. The SMILES string of the molecule is CCCCOc1c(OC)cc(/C=N/Nc2ccc(OC)cc2)cc1[N+](=O)[O-]. The van der Waals surface area contributed by atoms with Crippen LogP contribution >= 0.6 is 0 Å². The van der Waals surface area contributed by atoms with Gasteiger partial charge in [-0.2, -0.15) is 5.10 Å². The van der Waals surface area contributed by atoms with Gasteiger partial charge in [0.05, 0.1) is 37.7 Å². The molecule has 0 saturated carbocycles. The molecule has 144 valence electrons. The number of anilines is 1. The van der Waals surface area contributed by atoms with Gasteiger partial charge in [0.15, 0.2) is 5.75 Å². The Kier molecular flexibility index (Phi) is 7.42. The molecule has 2 aromatic carbocycles. The fourth-order valence-electron chi connectivity index (χ4n) is 2.28. The topological polar surface area (TPSA) is 95.2 Å². The summed E-state index contributed by atoms with van der Waals surface area (Å²) in [7, 11) is 3.04. The van der Waals surface area contributed by atoms with E-state index in [1.165, 1.54) is 19.4 Å². The first-order chi connectivity index (χ1) is 13.1. The van der Waals surface area contributed by atoms with Gasteiger partial charge in [-0.25, -0.2) is 0 Å². The molecular weight excluding hydrogens is 350 g/mol. The lowest BCUT2D eigenvalue weighted by molar-refractivity contribution is -0.386. The van der Waals surface area contributed by atoms with Gasteiger partial charge in [0.25, 0.3) is 0 Å². The van der Waals surface area contributed by atoms with Crippen molar-refractivity contribution in [3.63, 3.8) is 0 Å². The van der Waals surface area contributed by atoms with Gasteiger partial charge < -0.3 is 14.2 Å². The van der Waals surface area contributed by atoms with Gasteiger partial charge in [-0.1, -0.05) is 13.3 Å². The first-order valence-corrected chi connectivity index (χ1v) is 8.51. The van der Waals surface area contributed by atoms with Gasteiger partial charge in [-0.3, -0.25) is 15.5 Å². The van der Waals surface area contributed by atoms with Crippen LogP contribution in [0.25, 0.3) is 0 Å². The Bertz CT molecular complexity index is 791. The Morgan fingerprint density at radius 1 is 1.19 bits per heavy atom. The minimum atomic E-state index is -0.488. The number of hydrazone groups is 1. The minimum absolute atomic E-state index is 0.135. The smallest absolute Gasteiger partial charge is 0.315 e. The number of benzene rings is 2. The highest BCUT2D eigenvalue weighted by molar-refractivity contribution is 5.83. The summed E-state index contributed by atoms with van der Waals surface area (Å²) in [6, 6.07) is 10.3. The lowest BCUT2D eigenvalue weighted by atomic mass is 10.2. The number of methoxy groups -OCH3 is 2. The van der Waals surface area contributed by atoms with Crippen molar-refractivity contribution in [3.8, 4) is 17.2 Å². The monoisotopic (exact) mass is 373 g/mol. The van der Waals surface area contributed by atoms with Gasteiger partial charge in [-0.15, -0.1) is 0 Å². The highest BCUT2D eigenvalue weighted by Gasteiger charge is 2.22. The molecule has 0 aromatic heterocycles. The molecule has 2 rings (SSSR count). The predicted molar refractivity (Wildman–Crippen MR) is 104 cm³/mol. The molecule has 0 bridgehead atoms. The van der Waals surface area contributed by atoms with E-state index < -0.39 is 4.92 Å². The lowest BCUT2D eigenvalue weighted by Crippen LogP contribution is -2.03. The van der Waals surface area contributed by atoms with E-state index in [4.69, 9.17) is 14.2 Å². The minimum Gasteiger partial charge on any atom is -0.497 e. The van der Waals surface area contributed by atoms with Crippen LogP contribution in [0.3, 0.4) is 0 Å². The molecule has 1 N–H and O–H groups in total. The van der Waals surface area contributed by atoms with Gasteiger partial charge in [0.1, 0.15) is 5.75 Å². The molecule has 0 saturated heterocycles. The van der Waals surface area contributed by atoms with Crippen molar-refractivity contribution in [2.75, 3.05) is 26.3 Å². The summed E-state index contributed by atoms with van der Waals surface area (Å²) in [4.78, 5) is 10.9. The fraction of sp³-hybridized carbons (Fsp3) is 0.316. The van der Waals surface area contributed by atoms with Crippen LogP contribution in [-0.4, -0.2) is 32.0 Å². The summed E-state index contributed by atoms with van der Waals surface area (Å²) < 4.78 is 15.9. The third-order valence-electron chi connectivity index (χ3n) is 3.72. The highest BCUT2D eigenvalue weighted by atomic mass is 16.6. The molecule has 0 aliphatic carbocycles. The Morgan fingerprint density at radius 2 is 1.93 bits per heavy atom. The molecule has 0 spiro atoms. The molecule has 8 nitrogen and oxygen atoms in total. The van der Waals surface area contributed by atoms with E-state index in [0.29, 0.717) is 17.9 Å². The first kappa shape index (κ1) is 20.0. The van der Waals surface area contributed by atoms with Crippen LogP contribution in [0.2, 0.25) is 0 Å². The van der Waals surface area contributed by atoms with Gasteiger partial charge >= 0.3 is 5.69 Å². The molecule has 8 heteroatoms. The molecule has 0 amide bonds. The second-order valence-corrected chi connectivity index (χ2v) is 5.63. The zero-order chi connectivity index (χ0) is 19.6. The summed E-state index contributed by atoms with van der Waals surface area (Å²) in [6.07, 6.45) is 3.21. The summed E-state index contributed by atoms with van der Waals surface area (Å²) >= 11 is 0. The molecule has 0 radical (unpaired) electrons. The van der Waals surface area contributed by atoms with Crippen LogP contribution in [0.4, 0.5) is 11.4 Å². The number of hydrogen-bond acceptors (Lipinski definition) is 7. The quantitative estimate of drug-likeness (QED) is 0.290. The summed E-state index contributed by atoms with van der Waals surface area (Å²) in [6.45, 7) is 2.41. The summed E-state index contributed by atoms with van der Waals surface area (Å²) in [5.41, 5.74) is 3.98. The normalized spacial score (nSPS) is 10.6. The second-order valence-electron chi connectivity index (χ2n) is 5.63. The molecule has 0 aliphatic rings. The van der Waals surface area contributed by atoms with Crippen LogP contribution < -0.4 is 19.6 Å². The van der Waals surface area contributed by atoms with E-state index >= 15 is 0 Å². The average molecular weight is 373 g/mol. The maximum Gasteiger partial charge on any atom is 0.315 e. The molecule has 0 heterocycles. The van der Waals surface area contributed by atoms with Crippen LogP contribution in [0.5, 0.6) is 17.2 Å². The predicted octanol–water partition coefficient (Wildman–Crippen LogP) is 4.24. The number of rotatable bonds is 10. The van der Waals surface area contributed by atoms with Crippen LogP contribution in [-0.2, 0) is 0 Å². The van der Waals surface area contributed by atoms with E-state index in [-0.39, 0.29) is 11.4 Å². The Balaban J connectivity index is 2.20. The largest absolute Gasteiger partial charge is 0.497 e. The molecule has 0 fully saturated rings. The van der Waals surface area contributed by atoms with E-state index in [2.05, 4.69) is 10.5 Å². The highest BCUT2D eigenvalue weighted by Crippen LogP contribution is 2.38. The number of nitro groups is 1. The van der Waals surface area contributed by atoms with E-state index in [9.17, 15) is 10.1 Å². The van der Waals surface area contributed by atoms with Crippen molar-refractivity contribution in [1.29, 1.82) is 0 Å². The average Bonchev–Trinajstić information content (AvgIpc) is 2.68. The maximum atomic E-state index is 11.4.